The monoisotopic (exact) mass is 325 g/mol. The van der Waals surface area contributed by atoms with Crippen LogP contribution in [0.1, 0.15) is 6.92 Å². The van der Waals surface area contributed by atoms with E-state index in [1.54, 1.807) is 49.4 Å². The number of hydrogen-bond acceptors (Lipinski definition) is 4. The highest BCUT2D eigenvalue weighted by molar-refractivity contribution is 6.05. The molecular formula is C17H15N3O4. The summed E-state index contributed by atoms with van der Waals surface area (Å²) in [4.78, 5) is 24.9. The summed E-state index contributed by atoms with van der Waals surface area (Å²) >= 11 is 0. The molecule has 3 rings (SSSR count). The summed E-state index contributed by atoms with van der Waals surface area (Å²) in [5.74, 6) is 0. The Bertz CT molecular complexity index is 889. The molecular weight excluding hydrogens is 310 g/mol. The van der Waals surface area contributed by atoms with E-state index in [-0.39, 0.29) is 6.61 Å². The zero-order valence-electron chi connectivity index (χ0n) is 12.9. The Labute approximate surface area is 137 Å². The standard InChI is InChI=1S/C17H15N3O4/c1-2-24-17(23)20-15-10-6-9-14(13(15)11-18-20)19(16(21)22)12-7-4-3-5-8-12/h3-11H,2H2,1H3,(H,21,22). The van der Waals surface area contributed by atoms with Crippen LogP contribution in [-0.2, 0) is 4.74 Å². The van der Waals surface area contributed by atoms with Crippen LogP contribution < -0.4 is 4.90 Å². The van der Waals surface area contributed by atoms with E-state index in [0.717, 1.165) is 9.58 Å². The van der Waals surface area contributed by atoms with Gasteiger partial charge in [-0.1, -0.05) is 24.3 Å². The number of rotatable bonds is 3. The lowest BCUT2D eigenvalue weighted by Crippen LogP contribution is -2.23. The number of anilines is 2. The zero-order chi connectivity index (χ0) is 17.1. The molecule has 0 radical (unpaired) electrons. The molecule has 24 heavy (non-hydrogen) atoms. The molecule has 7 heteroatoms. The molecule has 0 unspecified atom stereocenters. The summed E-state index contributed by atoms with van der Waals surface area (Å²) in [5.41, 5.74) is 1.40. The molecule has 1 amide bonds. The van der Waals surface area contributed by atoms with Crippen molar-refractivity contribution in [2.45, 2.75) is 6.92 Å². The fourth-order valence-corrected chi connectivity index (χ4v) is 2.49. The highest BCUT2D eigenvalue weighted by Gasteiger charge is 2.21. The smallest absolute Gasteiger partial charge is 0.435 e. The third-order valence-electron chi connectivity index (χ3n) is 3.48. The van der Waals surface area contributed by atoms with Crippen molar-refractivity contribution in [3.05, 3.63) is 54.7 Å². The van der Waals surface area contributed by atoms with E-state index < -0.39 is 12.2 Å². The second-order valence-electron chi connectivity index (χ2n) is 4.92. The molecule has 0 saturated heterocycles. The van der Waals surface area contributed by atoms with Gasteiger partial charge in [0.25, 0.3) is 0 Å². The van der Waals surface area contributed by atoms with Gasteiger partial charge in [0, 0.05) is 5.39 Å². The average Bonchev–Trinajstić information content (AvgIpc) is 3.01. The van der Waals surface area contributed by atoms with E-state index in [1.807, 2.05) is 6.07 Å². The van der Waals surface area contributed by atoms with Gasteiger partial charge in [0.2, 0.25) is 0 Å². The van der Waals surface area contributed by atoms with Gasteiger partial charge in [0.15, 0.2) is 0 Å². The molecule has 1 N–H and O–H groups in total. The number of benzene rings is 2. The highest BCUT2D eigenvalue weighted by Crippen LogP contribution is 2.32. The van der Waals surface area contributed by atoms with Crippen molar-refractivity contribution < 1.29 is 19.4 Å². The molecule has 0 aliphatic heterocycles. The van der Waals surface area contributed by atoms with Gasteiger partial charge in [-0.2, -0.15) is 9.78 Å². The Morgan fingerprint density at radius 1 is 1.17 bits per heavy atom. The van der Waals surface area contributed by atoms with Gasteiger partial charge in [-0.05, 0) is 31.2 Å². The number of aromatic nitrogens is 2. The van der Waals surface area contributed by atoms with Crippen molar-refractivity contribution in [2.75, 3.05) is 11.5 Å². The minimum atomic E-state index is -1.13. The Balaban J connectivity index is 2.15. The van der Waals surface area contributed by atoms with Gasteiger partial charge in [-0.15, -0.1) is 0 Å². The number of ether oxygens (including phenoxy) is 1. The zero-order valence-corrected chi connectivity index (χ0v) is 12.9. The Morgan fingerprint density at radius 2 is 1.92 bits per heavy atom. The number of nitrogens with zero attached hydrogens (tertiary/aromatic N) is 3. The van der Waals surface area contributed by atoms with Crippen LogP contribution in [0, 0.1) is 0 Å². The van der Waals surface area contributed by atoms with Crippen LogP contribution in [0.4, 0.5) is 21.0 Å². The molecule has 7 nitrogen and oxygen atoms in total. The Hall–Kier alpha value is -3.35. The molecule has 2 aromatic carbocycles. The van der Waals surface area contributed by atoms with Crippen LogP contribution in [0.3, 0.4) is 0 Å². The van der Waals surface area contributed by atoms with Gasteiger partial charge >= 0.3 is 12.2 Å². The van der Waals surface area contributed by atoms with E-state index in [9.17, 15) is 14.7 Å². The lowest BCUT2D eigenvalue weighted by Gasteiger charge is -2.20. The molecule has 3 aromatic rings. The Morgan fingerprint density at radius 3 is 2.58 bits per heavy atom. The maximum atomic E-state index is 12.0. The van der Waals surface area contributed by atoms with Crippen LogP contribution in [0.5, 0.6) is 0 Å². The minimum absolute atomic E-state index is 0.227. The van der Waals surface area contributed by atoms with Crippen molar-refractivity contribution in [3.8, 4) is 0 Å². The predicted molar refractivity (Wildman–Crippen MR) is 88.8 cm³/mol. The predicted octanol–water partition coefficient (Wildman–Crippen LogP) is 3.86. The number of amides is 1. The molecule has 0 aliphatic carbocycles. The first kappa shape index (κ1) is 15.5. The molecule has 0 bridgehead atoms. The van der Waals surface area contributed by atoms with Crippen LogP contribution in [0.25, 0.3) is 10.9 Å². The van der Waals surface area contributed by atoms with E-state index in [4.69, 9.17) is 4.74 Å². The largest absolute Gasteiger partial charge is 0.464 e. The second-order valence-corrected chi connectivity index (χ2v) is 4.92. The van der Waals surface area contributed by atoms with Crippen LogP contribution in [0.2, 0.25) is 0 Å². The van der Waals surface area contributed by atoms with Gasteiger partial charge in [-0.25, -0.2) is 14.5 Å². The van der Waals surface area contributed by atoms with E-state index in [2.05, 4.69) is 5.10 Å². The first-order valence-corrected chi connectivity index (χ1v) is 7.35. The number of para-hydroxylation sites is 1. The summed E-state index contributed by atoms with van der Waals surface area (Å²) in [6.45, 7) is 1.93. The SMILES string of the molecule is CCOC(=O)n1ncc2c(N(C(=O)O)c3ccccc3)cccc21. The fraction of sp³-hybridized carbons (Fsp3) is 0.118. The van der Waals surface area contributed by atoms with Crippen LogP contribution in [0.15, 0.2) is 54.7 Å². The lowest BCUT2D eigenvalue weighted by molar-refractivity contribution is 0.151. The van der Waals surface area contributed by atoms with Crippen LogP contribution >= 0.6 is 0 Å². The third-order valence-corrected chi connectivity index (χ3v) is 3.48. The van der Waals surface area contributed by atoms with E-state index in [1.165, 1.54) is 6.20 Å². The van der Waals surface area contributed by atoms with Gasteiger partial charge in [0.05, 0.1) is 29.7 Å². The maximum Gasteiger partial charge on any atom is 0.435 e. The molecule has 0 saturated carbocycles. The number of fused-ring (bicyclic) bond motifs is 1. The van der Waals surface area contributed by atoms with Crippen molar-refractivity contribution >= 4 is 34.5 Å². The first-order chi connectivity index (χ1) is 11.6. The van der Waals surface area contributed by atoms with E-state index >= 15 is 0 Å². The number of carboxylic acid groups (broad SMARTS) is 1. The van der Waals surface area contributed by atoms with Gasteiger partial charge in [0.1, 0.15) is 0 Å². The Kier molecular flexibility index (Phi) is 4.15. The van der Waals surface area contributed by atoms with Crippen molar-refractivity contribution in [2.24, 2.45) is 0 Å². The number of hydrogen-bond donors (Lipinski definition) is 1. The lowest BCUT2D eigenvalue weighted by atomic mass is 10.2. The summed E-state index contributed by atoms with van der Waals surface area (Å²) < 4.78 is 6.08. The topological polar surface area (TPSA) is 84.7 Å². The quantitative estimate of drug-likeness (QED) is 0.790. The van der Waals surface area contributed by atoms with Crippen LogP contribution in [-0.4, -0.2) is 33.7 Å². The van der Waals surface area contributed by atoms with E-state index in [0.29, 0.717) is 22.3 Å². The highest BCUT2D eigenvalue weighted by atomic mass is 16.5. The van der Waals surface area contributed by atoms with Gasteiger partial charge in [-0.3, -0.25) is 0 Å². The molecule has 0 aliphatic rings. The van der Waals surface area contributed by atoms with Crippen molar-refractivity contribution in [3.63, 3.8) is 0 Å². The van der Waals surface area contributed by atoms with Crippen molar-refractivity contribution in [1.29, 1.82) is 0 Å². The van der Waals surface area contributed by atoms with Gasteiger partial charge < -0.3 is 9.84 Å². The minimum Gasteiger partial charge on any atom is -0.464 e. The second kappa shape index (κ2) is 6.41. The molecule has 1 heterocycles. The molecule has 122 valence electrons. The summed E-state index contributed by atoms with van der Waals surface area (Å²) in [6, 6.07) is 13.7. The summed E-state index contributed by atoms with van der Waals surface area (Å²) in [6.07, 6.45) is -0.274. The molecule has 0 atom stereocenters. The average molecular weight is 325 g/mol. The number of carbonyl (C=O) groups excluding carboxylic acids is 1. The molecule has 0 spiro atoms. The molecule has 0 fully saturated rings. The normalized spacial score (nSPS) is 10.5. The number of carbonyl (C=O) groups is 2. The summed E-state index contributed by atoms with van der Waals surface area (Å²) in [7, 11) is 0. The maximum absolute atomic E-state index is 12.0. The third kappa shape index (κ3) is 2.67. The fourth-order valence-electron chi connectivity index (χ4n) is 2.49. The summed E-state index contributed by atoms with van der Waals surface area (Å²) in [5, 5.41) is 14.2. The molecule has 1 aromatic heterocycles. The van der Waals surface area contributed by atoms with Crippen molar-refractivity contribution in [1.82, 2.24) is 9.78 Å². The first-order valence-electron chi connectivity index (χ1n) is 7.35.